The largest absolute Gasteiger partial charge is 0.366 e. The molecule has 5 aromatic rings. The number of hydrogen-bond acceptors (Lipinski definition) is 4. The van der Waals surface area contributed by atoms with Crippen LogP contribution in [0.15, 0.2) is 66.9 Å². The van der Waals surface area contributed by atoms with Crippen LogP contribution in [0.2, 0.25) is 0 Å². The maximum atomic E-state index is 14.1. The van der Waals surface area contributed by atoms with Crippen molar-refractivity contribution in [3.8, 4) is 22.5 Å². The van der Waals surface area contributed by atoms with Crippen LogP contribution in [0, 0.1) is 12.8 Å². The molecule has 1 aliphatic carbocycles. The van der Waals surface area contributed by atoms with E-state index in [-0.39, 0.29) is 24.9 Å². The number of likely N-dealkylation sites (tertiary alicyclic amines) is 1. The van der Waals surface area contributed by atoms with E-state index < -0.39 is 12.1 Å². The molecule has 214 valence electrons. The van der Waals surface area contributed by atoms with Crippen molar-refractivity contribution >= 4 is 28.2 Å². The number of carbonyl (C=O) groups excluding carboxylic acids is 2. The number of carbonyl (C=O) groups is 2. The van der Waals surface area contributed by atoms with Crippen molar-refractivity contribution < 1.29 is 14.0 Å². The van der Waals surface area contributed by atoms with Gasteiger partial charge in [0.15, 0.2) is 0 Å². The molecule has 7 rings (SSSR count). The van der Waals surface area contributed by atoms with E-state index in [9.17, 15) is 14.0 Å². The van der Waals surface area contributed by atoms with Crippen molar-refractivity contribution in [1.82, 2.24) is 19.1 Å². The number of pyridine rings is 1. The molecule has 2 atom stereocenters. The summed E-state index contributed by atoms with van der Waals surface area (Å²) in [4.78, 5) is 26.3. The average Bonchev–Trinajstić information content (AvgIpc) is 3.65. The van der Waals surface area contributed by atoms with Gasteiger partial charge in [-0.05, 0) is 79.6 Å². The number of alkyl halides is 1. The molecule has 0 spiro atoms. The summed E-state index contributed by atoms with van der Waals surface area (Å²) in [6.07, 6.45) is 3.33. The number of amides is 2. The summed E-state index contributed by atoms with van der Waals surface area (Å²) in [5.41, 5.74) is 19.4. The smallest absolute Gasteiger partial charge is 0.255 e. The van der Waals surface area contributed by atoms with Crippen LogP contribution in [0.5, 0.6) is 0 Å². The molecule has 2 fully saturated rings. The molecule has 2 aliphatic rings. The molecule has 2 amide bonds. The Morgan fingerprint density at radius 1 is 0.952 bits per heavy atom. The first-order chi connectivity index (χ1) is 20.2. The van der Waals surface area contributed by atoms with Crippen molar-refractivity contribution in [2.75, 3.05) is 13.1 Å². The quantitative estimate of drug-likeness (QED) is 0.304. The fraction of sp³-hybridized carbons (Fsp3) is 0.303. The summed E-state index contributed by atoms with van der Waals surface area (Å²) in [6.45, 7) is 3.37. The Labute approximate surface area is 242 Å². The molecule has 42 heavy (non-hydrogen) atoms. The monoisotopic (exact) mass is 564 g/mol. The van der Waals surface area contributed by atoms with Crippen LogP contribution in [-0.2, 0) is 6.54 Å². The van der Waals surface area contributed by atoms with Gasteiger partial charge in [0.2, 0.25) is 5.91 Å². The highest BCUT2D eigenvalue weighted by atomic mass is 19.1. The second-order valence-corrected chi connectivity index (χ2v) is 11.8. The molecule has 0 unspecified atom stereocenters. The number of hydrogen-bond donors (Lipinski definition) is 2. The molecule has 3 aromatic heterocycles. The highest BCUT2D eigenvalue weighted by Crippen LogP contribution is 2.38. The van der Waals surface area contributed by atoms with Gasteiger partial charge in [-0.1, -0.05) is 24.3 Å². The highest BCUT2D eigenvalue weighted by molar-refractivity contribution is 5.96. The van der Waals surface area contributed by atoms with Crippen molar-refractivity contribution in [3.63, 3.8) is 0 Å². The van der Waals surface area contributed by atoms with Crippen LogP contribution < -0.4 is 11.5 Å². The third-order valence-electron chi connectivity index (χ3n) is 8.63. The van der Waals surface area contributed by atoms with E-state index in [1.165, 1.54) is 17.7 Å². The second kappa shape index (κ2) is 10.1. The third kappa shape index (κ3) is 4.73. The van der Waals surface area contributed by atoms with E-state index in [1.807, 2.05) is 18.2 Å². The summed E-state index contributed by atoms with van der Waals surface area (Å²) in [7, 11) is 0. The molecule has 0 radical (unpaired) electrons. The number of nitrogens with two attached hydrogens (primary N) is 2. The van der Waals surface area contributed by atoms with Gasteiger partial charge < -0.3 is 20.9 Å². The summed E-state index contributed by atoms with van der Waals surface area (Å²) in [5.74, 6) is -0.0401. The Morgan fingerprint density at radius 2 is 1.69 bits per heavy atom. The standard InChI is InChI=1S/C33H33FN6O2/c1-19-28-11-10-25(33(42)38-17-26(34)14-27(35)18-38)16-40(28)37-31(19)30-13-24-9-8-23(12-29(24)39(30)15-20-2-3-20)21-4-6-22(7-5-21)32(36)41/h4-13,16,20,26-27H,2-3,14-15,17-18,35H2,1H3,(H2,36,41)/t26-,27-/m1/s1. The van der Waals surface area contributed by atoms with Gasteiger partial charge in [0.05, 0.1) is 23.3 Å². The van der Waals surface area contributed by atoms with Crippen molar-refractivity contribution in [2.24, 2.45) is 17.4 Å². The van der Waals surface area contributed by atoms with Gasteiger partial charge in [-0.3, -0.25) is 9.59 Å². The Hall–Kier alpha value is -4.50. The van der Waals surface area contributed by atoms with Gasteiger partial charge in [-0.25, -0.2) is 8.91 Å². The zero-order valence-corrected chi connectivity index (χ0v) is 23.5. The first-order valence-electron chi connectivity index (χ1n) is 14.5. The third-order valence-corrected chi connectivity index (χ3v) is 8.63. The Bertz CT molecular complexity index is 1840. The summed E-state index contributed by atoms with van der Waals surface area (Å²) in [5, 5.41) is 6.10. The number of piperidine rings is 1. The van der Waals surface area contributed by atoms with E-state index in [2.05, 4.69) is 35.8 Å². The lowest BCUT2D eigenvalue weighted by atomic mass is 10.0. The minimum atomic E-state index is -1.11. The predicted molar refractivity (Wildman–Crippen MR) is 161 cm³/mol. The van der Waals surface area contributed by atoms with E-state index in [0.717, 1.165) is 51.0 Å². The van der Waals surface area contributed by atoms with Crippen molar-refractivity contribution in [2.45, 2.75) is 44.9 Å². The summed E-state index contributed by atoms with van der Waals surface area (Å²) >= 11 is 0. The lowest BCUT2D eigenvalue weighted by Gasteiger charge is -2.32. The van der Waals surface area contributed by atoms with Crippen LogP contribution in [0.4, 0.5) is 4.39 Å². The van der Waals surface area contributed by atoms with Crippen LogP contribution in [0.1, 0.15) is 45.5 Å². The molecular formula is C33H33FN6O2. The number of benzene rings is 2. The molecular weight excluding hydrogens is 531 g/mol. The maximum absolute atomic E-state index is 14.1. The van der Waals surface area contributed by atoms with E-state index in [0.29, 0.717) is 23.6 Å². The van der Waals surface area contributed by atoms with Crippen molar-refractivity contribution in [1.29, 1.82) is 0 Å². The zero-order chi connectivity index (χ0) is 29.1. The second-order valence-electron chi connectivity index (χ2n) is 11.8. The van der Waals surface area contributed by atoms with Crippen LogP contribution in [0.25, 0.3) is 38.9 Å². The van der Waals surface area contributed by atoms with Crippen LogP contribution in [0.3, 0.4) is 0 Å². The fourth-order valence-electron chi connectivity index (χ4n) is 6.18. The maximum Gasteiger partial charge on any atom is 0.255 e. The molecule has 0 bridgehead atoms. The van der Waals surface area contributed by atoms with Crippen LogP contribution in [-0.4, -0.2) is 56.2 Å². The number of aromatic nitrogens is 3. The lowest BCUT2D eigenvalue weighted by Crippen LogP contribution is -2.50. The Balaban J connectivity index is 1.28. The molecule has 1 saturated heterocycles. The molecule has 1 saturated carbocycles. The topological polar surface area (TPSA) is 112 Å². The minimum absolute atomic E-state index is 0.0620. The first-order valence-corrected chi connectivity index (χ1v) is 14.5. The van der Waals surface area contributed by atoms with Crippen molar-refractivity contribution in [3.05, 3.63) is 83.6 Å². The lowest BCUT2D eigenvalue weighted by molar-refractivity contribution is 0.0606. The Morgan fingerprint density at radius 3 is 2.40 bits per heavy atom. The number of primary amides is 1. The van der Waals surface area contributed by atoms with E-state index in [1.54, 1.807) is 28.9 Å². The van der Waals surface area contributed by atoms with Gasteiger partial charge in [0, 0.05) is 47.4 Å². The van der Waals surface area contributed by atoms with Gasteiger partial charge in [0.25, 0.3) is 5.91 Å². The van der Waals surface area contributed by atoms with Crippen LogP contribution >= 0.6 is 0 Å². The summed E-state index contributed by atoms with van der Waals surface area (Å²) < 4.78 is 18.3. The molecule has 9 heteroatoms. The molecule has 8 nitrogen and oxygen atoms in total. The minimum Gasteiger partial charge on any atom is -0.366 e. The highest BCUT2D eigenvalue weighted by Gasteiger charge is 2.29. The SMILES string of the molecule is Cc1c(-c2cc3ccc(-c4ccc(C(N)=O)cc4)cc3n2CC2CC2)nn2cc(C(=O)N3C[C@H](N)C[C@@H](F)C3)ccc12. The number of fused-ring (bicyclic) bond motifs is 2. The predicted octanol–water partition coefficient (Wildman–Crippen LogP) is 4.95. The number of rotatable bonds is 6. The fourth-order valence-corrected chi connectivity index (χ4v) is 6.18. The number of nitrogens with zero attached hydrogens (tertiary/aromatic N) is 4. The van der Waals surface area contributed by atoms with Gasteiger partial charge in [-0.15, -0.1) is 0 Å². The first kappa shape index (κ1) is 26.4. The summed E-state index contributed by atoms with van der Waals surface area (Å²) in [6, 6.07) is 19.3. The Kier molecular flexibility index (Phi) is 6.35. The van der Waals surface area contributed by atoms with E-state index >= 15 is 0 Å². The number of halogens is 1. The van der Waals surface area contributed by atoms with Gasteiger partial charge in [-0.2, -0.15) is 5.10 Å². The van der Waals surface area contributed by atoms with Gasteiger partial charge in [0.1, 0.15) is 11.9 Å². The van der Waals surface area contributed by atoms with Gasteiger partial charge >= 0.3 is 0 Å². The molecule has 1 aliphatic heterocycles. The normalized spacial score (nSPS) is 19.1. The zero-order valence-electron chi connectivity index (χ0n) is 23.5. The molecule has 4 heterocycles. The van der Waals surface area contributed by atoms with E-state index in [4.69, 9.17) is 16.6 Å². The number of aryl methyl sites for hydroxylation is 1. The molecule has 4 N–H and O–H groups in total. The molecule has 2 aromatic carbocycles. The average molecular weight is 565 g/mol.